The zero-order valence-corrected chi connectivity index (χ0v) is 17.7. The van der Waals surface area contributed by atoms with Gasteiger partial charge in [-0.1, -0.05) is 0 Å². The van der Waals surface area contributed by atoms with Gasteiger partial charge in [0.15, 0.2) is 5.78 Å². The maximum atomic E-state index is 12.1. The highest BCUT2D eigenvalue weighted by Gasteiger charge is 2.45. The highest BCUT2D eigenvalue weighted by Crippen LogP contribution is 2.27. The number of carbonyl (C=O) groups is 2. The number of hydrogen-bond donors (Lipinski definition) is 5. The second kappa shape index (κ2) is 10.4. The Balaban J connectivity index is 1.60. The second-order valence-electron chi connectivity index (χ2n) is 7.71. The minimum Gasteiger partial charge on any atom is -0.508 e. The Morgan fingerprint density at radius 1 is 1.18 bits per heavy atom. The number of aliphatic hydroxyl groups is 4. The van der Waals surface area contributed by atoms with Gasteiger partial charge in [0.2, 0.25) is 6.29 Å². The summed E-state index contributed by atoms with van der Waals surface area (Å²) in [5.74, 6) is -0.900. The molecule has 11 nitrogen and oxygen atoms in total. The Hall–Kier alpha value is -2.80. The summed E-state index contributed by atoms with van der Waals surface area (Å²) >= 11 is 0. The van der Waals surface area contributed by atoms with Crippen molar-refractivity contribution in [1.82, 2.24) is 0 Å². The van der Waals surface area contributed by atoms with Gasteiger partial charge < -0.3 is 44.5 Å². The van der Waals surface area contributed by atoms with Crippen LogP contribution in [-0.4, -0.2) is 93.4 Å². The number of esters is 1. The number of allylic oxidation sites excluding steroid dienone is 1. The number of aliphatic hydroxyl groups excluding tert-OH is 3. The molecule has 0 spiro atoms. The third-order valence-electron chi connectivity index (χ3n) is 5.36. The smallest absolute Gasteiger partial charge is 0.330 e. The van der Waals surface area contributed by atoms with Crippen molar-refractivity contribution in [2.24, 2.45) is 0 Å². The van der Waals surface area contributed by atoms with Crippen molar-refractivity contribution in [2.75, 3.05) is 13.7 Å². The van der Waals surface area contributed by atoms with Crippen molar-refractivity contribution in [1.29, 1.82) is 0 Å². The predicted molar refractivity (Wildman–Crippen MR) is 110 cm³/mol. The zero-order chi connectivity index (χ0) is 24.2. The number of methoxy groups -OCH3 is 1. The van der Waals surface area contributed by atoms with Gasteiger partial charge in [-0.05, 0) is 42.5 Å². The summed E-state index contributed by atoms with van der Waals surface area (Å²) in [4.78, 5) is 23.6. The van der Waals surface area contributed by atoms with E-state index < -0.39 is 55.0 Å². The van der Waals surface area contributed by atoms with Gasteiger partial charge in [0.05, 0.1) is 0 Å². The minimum absolute atomic E-state index is 0.00226. The molecule has 1 aliphatic heterocycles. The van der Waals surface area contributed by atoms with Crippen LogP contribution in [0, 0.1) is 0 Å². The molecule has 1 aliphatic carbocycles. The molecule has 0 amide bonds. The van der Waals surface area contributed by atoms with Crippen LogP contribution in [-0.2, 0) is 23.8 Å². The standard InChI is InChI=1S/C22H26O11/c1-30-16-10-13(24)6-8-22(16,29)9-7-17(25)31-11-15-18(26)19(27)20(28)21(33-15)32-14-4-2-12(23)3-5-14/h2-9,15-16,18-21,23,26-29H,10-11H2,1H3/b9-7+/t15-,16?,18-,19+,20-,21-,22?/m1/s1. The Bertz CT molecular complexity index is 896. The highest BCUT2D eigenvalue weighted by atomic mass is 16.7. The predicted octanol–water partition coefficient (Wildman–Crippen LogP) is -1.05. The van der Waals surface area contributed by atoms with E-state index in [0.29, 0.717) is 0 Å². The fraction of sp³-hybridized carbons (Fsp3) is 0.455. The number of ether oxygens (including phenoxy) is 4. The van der Waals surface area contributed by atoms with Gasteiger partial charge >= 0.3 is 5.97 Å². The molecule has 5 N–H and O–H groups in total. The summed E-state index contributed by atoms with van der Waals surface area (Å²) < 4.78 is 21.1. The molecule has 2 aliphatic rings. The van der Waals surface area contributed by atoms with Gasteiger partial charge in [0.25, 0.3) is 0 Å². The van der Waals surface area contributed by atoms with Crippen LogP contribution in [0.5, 0.6) is 11.5 Å². The van der Waals surface area contributed by atoms with E-state index in [9.17, 15) is 35.1 Å². The lowest BCUT2D eigenvalue weighted by Gasteiger charge is -2.39. The Labute approximate surface area is 189 Å². The molecule has 3 rings (SSSR count). The summed E-state index contributed by atoms with van der Waals surface area (Å²) in [5, 5.41) is 50.4. The van der Waals surface area contributed by atoms with E-state index in [1.165, 1.54) is 43.5 Å². The van der Waals surface area contributed by atoms with Gasteiger partial charge in [-0.2, -0.15) is 0 Å². The van der Waals surface area contributed by atoms with E-state index in [4.69, 9.17) is 18.9 Å². The van der Waals surface area contributed by atoms with Crippen molar-refractivity contribution in [3.8, 4) is 11.5 Å². The molecule has 1 aromatic carbocycles. The summed E-state index contributed by atoms with van der Waals surface area (Å²) in [5.41, 5.74) is -1.69. The molecule has 1 heterocycles. The lowest BCUT2D eigenvalue weighted by molar-refractivity contribution is -0.278. The molecule has 33 heavy (non-hydrogen) atoms. The van der Waals surface area contributed by atoms with Gasteiger partial charge in [0.1, 0.15) is 54.2 Å². The zero-order valence-electron chi connectivity index (χ0n) is 17.7. The number of phenolic OH excluding ortho intramolecular Hbond substituents is 1. The lowest BCUT2D eigenvalue weighted by Crippen LogP contribution is -2.60. The fourth-order valence-electron chi connectivity index (χ4n) is 3.41. The van der Waals surface area contributed by atoms with E-state index in [1.807, 2.05) is 0 Å². The average Bonchev–Trinajstić information content (AvgIpc) is 2.80. The highest BCUT2D eigenvalue weighted by molar-refractivity contribution is 5.92. The Morgan fingerprint density at radius 3 is 2.55 bits per heavy atom. The summed E-state index contributed by atoms with van der Waals surface area (Å²) in [6.45, 7) is -0.496. The first-order valence-corrected chi connectivity index (χ1v) is 10.1. The van der Waals surface area contributed by atoms with Crippen LogP contribution < -0.4 is 4.74 Å². The SMILES string of the molecule is COC1CC(=O)C=CC1(O)/C=C/C(=O)OC[C@H]1O[C@@H](Oc2ccc(O)cc2)[C@H](O)[C@@H](O)[C@@H]1O. The van der Waals surface area contributed by atoms with Crippen LogP contribution in [0.15, 0.2) is 48.6 Å². The Morgan fingerprint density at radius 2 is 1.88 bits per heavy atom. The van der Waals surface area contributed by atoms with Crippen LogP contribution in [0.25, 0.3) is 0 Å². The van der Waals surface area contributed by atoms with Gasteiger partial charge in [-0.3, -0.25) is 4.79 Å². The molecule has 7 atom stereocenters. The molecule has 2 unspecified atom stereocenters. The Kier molecular flexibility index (Phi) is 7.84. The van der Waals surface area contributed by atoms with Gasteiger partial charge in [0, 0.05) is 19.6 Å². The molecule has 0 aromatic heterocycles. The van der Waals surface area contributed by atoms with E-state index in [1.54, 1.807) is 0 Å². The molecule has 0 radical (unpaired) electrons. The molecule has 1 saturated heterocycles. The van der Waals surface area contributed by atoms with Crippen LogP contribution in [0.3, 0.4) is 0 Å². The van der Waals surface area contributed by atoms with Crippen LogP contribution in [0.2, 0.25) is 0 Å². The molecular formula is C22H26O11. The molecule has 1 fully saturated rings. The summed E-state index contributed by atoms with van der Waals surface area (Å²) in [7, 11) is 1.33. The third-order valence-corrected chi connectivity index (χ3v) is 5.36. The quantitative estimate of drug-likeness (QED) is 0.245. The first kappa shape index (κ1) is 24.8. The number of rotatable bonds is 7. The third kappa shape index (κ3) is 5.96. The van der Waals surface area contributed by atoms with Crippen molar-refractivity contribution < 1.29 is 54.1 Å². The second-order valence-corrected chi connectivity index (χ2v) is 7.71. The number of carbonyl (C=O) groups excluding carboxylic acids is 2. The van der Waals surface area contributed by atoms with E-state index in [0.717, 1.165) is 12.2 Å². The average molecular weight is 466 g/mol. The van der Waals surface area contributed by atoms with Gasteiger partial charge in [-0.25, -0.2) is 4.79 Å². The molecule has 180 valence electrons. The van der Waals surface area contributed by atoms with Crippen molar-refractivity contribution in [2.45, 2.75) is 48.8 Å². The van der Waals surface area contributed by atoms with E-state index in [-0.39, 0.29) is 23.7 Å². The van der Waals surface area contributed by atoms with Crippen LogP contribution in [0.1, 0.15) is 6.42 Å². The molecule has 0 bridgehead atoms. The number of benzene rings is 1. The van der Waals surface area contributed by atoms with Crippen molar-refractivity contribution in [3.05, 3.63) is 48.6 Å². The molecular weight excluding hydrogens is 440 g/mol. The number of hydrogen-bond acceptors (Lipinski definition) is 11. The van der Waals surface area contributed by atoms with E-state index in [2.05, 4.69) is 0 Å². The van der Waals surface area contributed by atoms with Crippen molar-refractivity contribution in [3.63, 3.8) is 0 Å². The van der Waals surface area contributed by atoms with Crippen LogP contribution >= 0.6 is 0 Å². The first-order valence-electron chi connectivity index (χ1n) is 10.1. The fourth-order valence-corrected chi connectivity index (χ4v) is 3.41. The van der Waals surface area contributed by atoms with E-state index >= 15 is 0 Å². The summed E-state index contributed by atoms with van der Waals surface area (Å²) in [6.07, 6.45) is -3.90. The number of aromatic hydroxyl groups is 1. The lowest BCUT2D eigenvalue weighted by atomic mass is 9.87. The number of phenols is 1. The normalized spacial score (nSPS) is 34.4. The maximum Gasteiger partial charge on any atom is 0.330 e. The first-order chi connectivity index (χ1) is 15.6. The molecule has 11 heteroatoms. The molecule has 1 aromatic rings. The van der Waals surface area contributed by atoms with Crippen LogP contribution in [0.4, 0.5) is 0 Å². The van der Waals surface area contributed by atoms with Crippen molar-refractivity contribution >= 4 is 11.8 Å². The minimum atomic E-state index is -1.69. The number of ketones is 1. The van der Waals surface area contributed by atoms with Gasteiger partial charge in [-0.15, -0.1) is 0 Å². The monoisotopic (exact) mass is 466 g/mol. The topological polar surface area (TPSA) is 172 Å². The largest absolute Gasteiger partial charge is 0.508 e. The summed E-state index contributed by atoms with van der Waals surface area (Å²) in [6, 6.07) is 5.52. The molecule has 0 saturated carbocycles. The maximum absolute atomic E-state index is 12.1.